The topological polar surface area (TPSA) is 42.0 Å². The van der Waals surface area contributed by atoms with E-state index in [-0.39, 0.29) is 5.91 Å². The molecular formula is C12H8Br2N2OS. The Morgan fingerprint density at radius 3 is 2.72 bits per heavy atom. The Morgan fingerprint density at radius 1 is 1.28 bits per heavy atom. The lowest BCUT2D eigenvalue weighted by molar-refractivity contribution is -0.111. The van der Waals surface area contributed by atoms with Crippen molar-refractivity contribution >= 4 is 61.0 Å². The minimum absolute atomic E-state index is 0.200. The molecule has 0 unspecified atom stereocenters. The Hall–Kier alpha value is -0.980. The molecule has 92 valence electrons. The molecule has 1 amide bonds. The third-order valence-electron chi connectivity index (χ3n) is 1.97. The second kappa shape index (κ2) is 6.26. The summed E-state index contributed by atoms with van der Waals surface area (Å²) in [4.78, 5) is 16.7. The highest BCUT2D eigenvalue weighted by molar-refractivity contribution is 9.11. The van der Waals surface area contributed by atoms with E-state index >= 15 is 0 Å². The van der Waals surface area contributed by atoms with E-state index in [0.29, 0.717) is 5.82 Å². The van der Waals surface area contributed by atoms with Crippen molar-refractivity contribution in [2.24, 2.45) is 0 Å². The molecule has 2 heterocycles. The van der Waals surface area contributed by atoms with Crippen LogP contribution in [-0.2, 0) is 4.79 Å². The number of anilines is 1. The zero-order chi connectivity index (χ0) is 13.0. The van der Waals surface area contributed by atoms with E-state index in [1.165, 1.54) is 6.08 Å². The van der Waals surface area contributed by atoms with Gasteiger partial charge in [-0.3, -0.25) is 4.79 Å². The van der Waals surface area contributed by atoms with Gasteiger partial charge in [0, 0.05) is 21.6 Å². The van der Waals surface area contributed by atoms with Crippen LogP contribution in [0.1, 0.15) is 4.88 Å². The first kappa shape index (κ1) is 13.5. The smallest absolute Gasteiger partial charge is 0.249 e. The first-order valence-electron chi connectivity index (χ1n) is 4.99. The Morgan fingerprint density at radius 2 is 2.11 bits per heavy atom. The van der Waals surface area contributed by atoms with Crippen molar-refractivity contribution < 1.29 is 4.79 Å². The van der Waals surface area contributed by atoms with Gasteiger partial charge in [-0.1, -0.05) is 0 Å². The number of carbonyl (C=O) groups excluding carboxylic acids is 1. The zero-order valence-electron chi connectivity index (χ0n) is 9.06. The average Bonchev–Trinajstić information content (AvgIpc) is 2.76. The summed E-state index contributed by atoms with van der Waals surface area (Å²) in [6, 6.07) is 7.44. The summed E-state index contributed by atoms with van der Waals surface area (Å²) in [6.45, 7) is 0. The van der Waals surface area contributed by atoms with Gasteiger partial charge >= 0.3 is 0 Å². The van der Waals surface area contributed by atoms with Crippen molar-refractivity contribution in [3.05, 3.63) is 49.7 Å². The molecule has 0 atom stereocenters. The lowest BCUT2D eigenvalue weighted by Crippen LogP contribution is -2.08. The van der Waals surface area contributed by atoms with E-state index in [4.69, 9.17) is 0 Å². The highest BCUT2D eigenvalue weighted by atomic mass is 79.9. The van der Waals surface area contributed by atoms with Crippen LogP contribution in [0.25, 0.3) is 6.08 Å². The maximum absolute atomic E-state index is 11.6. The number of amides is 1. The van der Waals surface area contributed by atoms with Crippen LogP contribution in [0, 0.1) is 0 Å². The summed E-state index contributed by atoms with van der Waals surface area (Å²) in [5.41, 5.74) is 0. The minimum atomic E-state index is -0.200. The number of hydrogen-bond acceptors (Lipinski definition) is 3. The molecule has 18 heavy (non-hydrogen) atoms. The van der Waals surface area contributed by atoms with Crippen LogP contribution in [0.2, 0.25) is 0 Å². The fourth-order valence-electron chi connectivity index (χ4n) is 1.19. The Labute approximate surface area is 125 Å². The molecule has 1 N–H and O–H groups in total. The lowest BCUT2D eigenvalue weighted by Gasteiger charge is -2.00. The highest BCUT2D eigenvalue weighted by Gasteiger charge is 1.99. The van der Waals surface area contributed by atoms with Gasteiger partial charge in [-0.15, -0.1) is 11.3 Å². The van der Waals surface area contributed by atoms with Gasteiger partial charge in [-0.2, -0.15) is 0 Å². The van der Waals surface area contributed by atoms with Crippen LogP contribution in [0.15, 0.2) is 44.8 Å². The molecule has 0 saturated carbocycles. The molecule has 0 fully saturated rings. The predicted molar refractivity (Wildman–Crippen MR) is 81.6 cm³/mol. The van der Waals surface area contributed by atoms with Gasteiger partial charge in [-0.05, 0) is 62.2 Å². The molecule has 2 rings (SSSR count). The number of aromatic nitrogens is 1. The number of pyridine rings is 1. The molecule has 3 nitrogen and oxygen atoms in total. The van der Waals surface area contributed by atoms with Crippen molar-refractivity contribution in [1.82, 2.24) is 4.98 Å². The molecule has 0 saturated heterocycles. The molecule has 0 aliphatic carbocycles. The van der Waals surface area contributed by atoms with Gasteiger partial charge in [0.2, 0.25) is 5.91 Å². The van der Waals surface area contributed by atoms with Crippen molar-refractivity contribution in [3.8, 4) is 0 Å². The largest absolute Gasteiger partial charge is 0.307 e. The van der Waals surface area contributed by atoms with Crippen molar-refractivity contribution in [3.63, 3.8) is 0 Å². The second-order valence-corrected chi connectivity index (χ2v) is 6.74. The van der Waals surface area contributed by atoms with Gasteiger partial charge in [0.15, 0.2) is 0 Å². The van der Waals surface area contributed by atoms with Crippen LogP contribution >= 0.6 is 43.2 Å². The number of rotatable bonds is 3. The fourth-order valence-corrected chi connectivity index (χ4v) is 2.75. The molecule has 0 spiro atoms. The number of thiophene rings is 1. The highest BCUT2D eigenvalue weighted by Crippen LogP contribution is 2.23. The van der Waals surface area contributed by atoms with Crippen molar-refractivity contribution in [2.75, 3.05) is 5.32 Å². The monoisotopic (exact) mass is 386 g/mol. The predicted octanol–water partition coefficient (Wildman–Crippen LogP) is 4.32. The summed E-state index contributed by atoms with van der Waals surface area (Å²) in [5.74, 6) is 0.328. The van der Waals surface area contributed by atoms with Gasteiger partial charge < -0.3 is 5.32 Å². The van der Waals surface area contributed by atoms with E-state index in [9.17, 15) is 4.79 Å². The summed E-state index contributed by atoms with van der Waals surface area (Å²) in [6.07, 6.45) is 4.89. The SMILES string of the molecule is O=C(/C=C/c1ccc(Br)s1)Nc1ccc(Br)cn1. The van der Waals surface area contributed by atoms with Crippen LogP contribution in [0.3, 0.4) is 0 Å². The first-order chi connectivity index (χ1) is 8.63. The summed E-state index contributed by atoms with van der Waals surface area (Å²) in [5, 5.41) is 2.68. The standard InChI is InChI=1S/C12H8Br2N2OS/c13-8-1-5-11(15-7-8)16-12(17)6-3-9-2-4-10(14)18-9/h1-7H,(H,15,16,17)/b6-3+. The van der Waals surface area contributed by atoms with E-state index in [1.54, 1.807) is 29.7 Å². The van der Waals surface area contributed by atoms with Gasteiger partial charge in [0.1, 0.15) is 5.82 Å². The Kier molecular flexibility index (Phi) is 4.68. The summed E-state index contributed by atoms with van der Waals surface area (Å²) >= 11 is 8.22. The summed E-state index contributed by atoms with van der Waals surface area (Å²) < 4.78 is 1.91. The number of nitrogens with zero attached hydrogens (tertiary/aromatic N) is 1. The third-order valence-corrected chi connectivity index (χ3v) is 4.03. The number of halogens is 2. The molecule has 0 aromatic carbocycles. The maximum atomic E-state index is 11.6. The van der Waals surface area contributed by atoms with E-state index in [2.05, 4.69) is 42.2 Å². The molecule has 2 aromatic rings. The molecule has 2 aromatic heterocycles. The lowest BCUT2D eigenvalue weighted by atomic mass is 10.4. The summed E-state index contributed by atoms with van der Waals surface area (Å²) in [7, 11) is 0. The van der Waals surface area contributed by atoms with Gasteiger partial charge in [0.05, 0.1) is 3.79 Å². The molecular weight excluding hydrogens is 380 g/mol. The van der Waals surface area contributed by atoms with Gasteiger partial charge in [-0.25, -0.2) is 4.98 Å². The van der Waals surface area contributed by atoms with E-state index in [1.807, 2.05) is 18.2 Å². The molecule has 6 heteroatoms. The average molecular weight is 388 g/mol. The number of hydrogen-bond donors (Lipinski definition) is 1. The van der Waals surface area contributed by atoms with Crippen LogP contribution in [0.5, 0.6) is 0 Å². The first-order valence-corrected chi connectivity index (χ1v) is 7.40. The minimum Gasteiger partial charge on any atom is -0.307 e. The van der Waals surface area contributed by atoms with Crippen LogP contribution in [0.4, 0.5) is 5.82 Å². The van der Waals surface area contributed by atoms with Crippen molar-refractivity contribution in [1.29, 1.82) is 0 Å². The van der Waals surface area contributed by atoms with Gasteiger partial charge in [0.25, 0.3) is 0 Å². The van der Waals surface area contributed by atoms with E-state index in [0.717, 1.165) is 13.1 Å². The Bertz CT molecular complexity index is 578. The molecule has 0 bridgehead atoms. The Balaban J connectivity index is 1.96. The molecule has 0 radical (unpaired) electrons. The normalized spacial score (nSPS) is 10.8. The number of nitrogens with one attached hydrogen (secondary N) is 1. The van der Waals surface area contributed by atoms with Crippen LogP contribution < -0.4 is 5.32 Å². The molecule has 0 aliphatic heterocycles. The van der Waals surface area contributed by atoms with Crippen LogP contribution in [-0.4, -0.2) is 10.9 Å². The number of carbonyl (C=O) groups is 1. The molecule has 0 aliphatic rings. The van der Waals surface area contributed by atoms with E-state index < -0.39 is 0 Å². The zero-order valence-corrected chi connectivity index (χ0v) is 13.0. The van der Waals surface area contributed by atoms with Crippen molar-refractivity contribution in [2.45, 2.75) is 0 Å². The quantitative estimate of drug-likeness (QED) is 0.796. The second-order valence-electron chi connectivity index (χ2n) is 3.33. The fraction of sp³-hybridized carbons (Fsp3) is 0. The third kappa shape index (κ3) is 4.04. The maximum Gasteiger partial charge on any atom is 0.249 e.